The maximum absolute atomic E-state index is 11.2. The van der Waals surface area contributed by atoms with Crippen LogP contribution < -0.4 is 10.1 Å². The van der Waals surface area contributed by atoms with Crippen LogP contribution in [0.5, 0.6) is 5.75 Å². The Morgan fingerprint density at radius 2 is 1.92 bits per heavy atom. The number of fused-ring (bicyclic) bond motifs is 1. The Kier molecular flexibility index (Phi) is 4.65. The van der Waals surface area contributed by atoms with Crippen molar-refractivity contribution in [1.82, 2.24) is 5.32 Å². The molecule has 132 valence electrons. The maximum Gasteiger partial charge on any atom is 0.405 e. The van der Waals surface area contributed by atoms with Crippen LogP contribution in [0.3, 0.4) is 0 Å². The lowest BCUT2D eigenvalue weighted by Gasteiger charge is -2.40. The number of hydrogen-bond acceptors (Lipinski definition) is 2. The molecule has 1 aliphatic rings. The molecule has 0 bridgehead atoms. The molecule has 0 heterocycles. The summed E-state index contributed by atoms with van der Waals surface area (Å²) in [6.07, 6.45) is 0.870. The smallest absolute Gasteiger partial charge is 0.405 e. The molecule has 0 fully saturated rings. The van der Waals surface area contributed by atoms with Crippen LogP contribution in [0.15, 0.2) is 36.4 Å². The summed E-state index contributed by atoms with van der Waals surface area (Å²) in [6, 6.07) is 11.7. The van der Waals surface area contributed by atoms with Crippen molar-refractivity contribution in [2.45, 2.75) is 32.7 Å². The average Bonchev–Trinajstić information content (AvgIpc) is 2.57. The molecule has 2 N–H and O–H groups in total. The summed E-state index contributed by atoms with van der Waals surface area (Å²) in [5.74, 6) is 0.642. The van der Waals surface area contributed by atoms with Gasteiger partial charge in [0, 0.05) is 0 Å². The normalized spacial score (nSPS) is 18.3. The Morgan fingerprint density at radius 1 is 1.24 bits per heavy atom. The zero-order valence-corrected chi connectivity index (χ0v) is 15.4. The van der Waals surface area contributed by atoms with E-state index < -0.39 is 6.09 Å². The van der Waals surface area contributed by atoms with E-state index in [1.165, 1.54) is 5.56 Å². The highest BCUT2D eigenvalue weighted by Gasteiger charge is 2.37. The van der Waals surface area contributed by atoms with Gasteiger partial charge in [0.15, 0.2) is 0 Å². The van der Waals surface area contributed by atoms with Gasteiger partial charge in [0.25, 0.3) is 0 Å². The van der Waals surface area contributed by atoms with Crippen molar-refractivity contribution in [2.24, 2.45) is 5.41 Å². The highest BCUT2D eigenvalue weighted by atomic mass is 35.5. The molecule has 2 aromatic rings. The molecule has 1 amide bonds. The van der Waals surface area contributed by atoms with Gasteiger partial charge in [0.1, 0.15) is 5.75 Å². The van der Waals surface area contributed by atoms with Gasteiger partial charge in [0.2, 0.25) is 0 Å². The molecule has 0 radical (unpaired) electrons. The molecule has 2 aromatic carbocycles. The lowest BCUT2D eigenvalue weighted by molar-refractivity contribution is 0.161. The molecule has 4 nitrogen and oxygen atoms in total. The van der Waals surface area contributed by atoms with Crippen LogP contribution in [0.25, 0.3) is 11.1 Å². The standard InChI is InChI=1S/C20H22ClNO3/c1-20(2)9-8-14-10-12(4-6-15(14)18(20)22-19(23)24)13-5-7-16(21)17(11-13)25-3/h4-7,10-11,18,22H,8-9H2,1-3H3,(H,23,24)/t18-/m1/s1. The van der Waals surface area contributed by atoms with E-state index in [0.717, 1.165) is 29.5 Å². The van der Waals surface area contributed by atoms with Gasteiger partial charge in [-0.3, -0.25) is 0 Å². The van der Waals surface area contributed by atoms with Crippen molar-refractivity contribution in [1.29, 1.82) is 0 Å². The summed E-state index contributed by atoms with van der Waals surface area (Å²) in [6.45, 7) is 4.21. The number of methoxy groups -OCH3 is 1. The van der Waals surface area contributed by atoms with E-state index in [9.17, 15) is 9.90 Å². The number of carbonyl (C=O) groups is 1. The van der Waals surface area contributed by atoms with Crippen LogP contribution in [-0.2, 0) is 6.42 Å². The number of ether oxygens (including phenoxy) is 1. The largest absolute Gasteiger partial charge is 0.495 e. The van der Waals surface area contributed by atoms with Crippen LogP contribution in [0, 0.1) is 5.41 Å². The minimum atomic E-state index is -0.988. The van der Waals surface area contributed by atoms with Gasteiger partial charge in [-0.15, -0.1) is 0 Å². The number of carboxylic acid groups (broad SMARTS) is 1. The summed E-state index contributed by atoms with van der Waals surface area (Å²) in [4.78, 5) is 11.2. The molecule has 0 unspecified atom stereocenters. The second kappa shape index (κ2) is 6.60. The van der Waals surface area contributed by atoms with Crippen LogP contribution >= 0.6 is 11.6 Å². The van der Waals surface area contributed by atoms with Crippen molar-refractivity contribution in [3.8, 4) is 16.9 Å². The lowest BCUT2D eigenvalue weighted by Crippen LogP contribution is -2.40. The number of aryl methyl sites for hydroxylation is 1. The minimum Gasteiger partial charge on any atom is -0.495 e. The molecule has 1 aliphatic carbocycles. The maximum atomic E-state index is 11.2. The number of hydrogen-bond donors (Lipinski definition) is 2. The Balaban J connectivity index is 2.01. The molecule has 0 spiro atoms. The molecule has 1 atom stereocenters. The summed E-state index contributed by atoms with van der Waals surface area (Å²) in [7, 11) is 1.60. The van der Waals surface area contributed by atoms with Crippen molar-refractivity contribution in [3.05, 3.63) is 52.5 Å². The monoisotopic (exact) mass is 359 g/mol. The predicted octanol–water partition coefficient (Wildman–Crippen LogP) is 5.30. The van der Waals surface area contributed by atoms with Crippen LogP contribution in [0.4, 0.5) is 4.79 Å². The van der Waals surface area contributed by atoms with E-state index in [1.807, 2.05) is 30.3 Å². The summed E-state index contributed by atoms with van der Waals surface area (Å²) in [5, 5.41) is 12.5. The van der Waals surface area contributed by atoms with Gasteiger partial charge in [-0.2, -0.15) is 0 Å². The first-order valence-corrected chi connectivity index (χ1v) is 8.66. The molecule has 0 aromatic heterocycles. The zero-order chi connectivity index (χ0) is 18.2. The Hall–Kier alpha value is -2.20. The molecule has 3 rings (SSSR count). The number of benzene rings is 2. The van der Waals surface area contributed by atoms with E-state index in [2.05, 4.69) is 25.2 Å². The molecular weight excluding hydrogens is 338 g/mol. The van der Waals surface area contributed by atoms with E-state index in [4.69, 9.17) is 16.3 Å². The Morgan fingerprint density at radius 3 is 2.60 bits per heavy atom. The zero-order valence-electron chi connectivity index (χ0n) is 14.6. The van der Waals surface area contributed by atoms with Crippen molar-refractivity contribution >= 4 is 17.7 Å². The lowest BCUT2D eigenvalue weighted by atomic mass is 9.70. The van der Waals surface area contributed by atoms with E-state index in [0.29, 0.717) is 10.8 Å². The van der Waals surface area contributed by atoms with Crippen molar-refractivity contribution < 1.29 is 14.6 Å². The van der Waals surface area contributed by atoms with Crippen LogP contribution in [0.2, 0.25) is 5.02 Å². The Bertz CT molecular complexity index is 817. The molecular formula is C20H22ClNO3. The summed E-state index contributed by atoms with van der Waals surface area (Å²) in [5.41, 5.74) is 4.23. The minimum absolute atomic E-state index is 0.115. The van der Waals surface area contributed by atoms with Gasteiger partial charge < -0.3 is 15.2 Å². The van der Waals surface area contributed by atoms with Gasteiger partial charge in [-0.05, 0) is 52.6 Å². The van der Waals surface area contributed by atoms with E-state index in [1.54, 1.807) is 7.11 Å². The van der Waals surface area contributed by atoms with Crippen molar-refractivity contribution in [3.63, 3.8) is 0 Å². The highest BCUT2D eigenvalue weighted by molar-refractivity contribution is 6.32. The third-order valence-corrected chi connectivity index (χ3v) is 5.34. The number of nitrogens with one attached hydrogen (secondary N) is 1. The molecule has 25 heavy (non-hydrogen) atoms. The Labute approximate surface area is 152 Å². The SMILES string of the molecule is COc1cc(-c2ccc3c(c2)CCC(C)(C)[C@@H]3NC(=O)O)ccc1Cl. The van der Waals surface area contributed by atoms with Crippen molar-refractivity contribution in [2.75, 3.05) is 7.11 Å². The fraction of sp³-hybridized carbons (Fsp3) is 0.350. The van der Waals surface area contributed by atoms with Gasteiger partial charge in [-0.25, -0.2) is 4.79 Å². The molecule has 0 saturated carbocycles. The summed E-state index contributed by atoms with van der Waals surface area (Å²) >= 11 is 6.11. The predicted molar refractivity (Wildman–Crippen MR) is 99.4 cm³/mol. The summed E-state index contributed by atoms with van der Waals surface area (Å²) < 4.78 is 5.30. The number of amides is 1. The van der Waals surface area contributed by atoms with Gasteiger partial charge in [0.05, 0.1) is 18.2 Å². The molecule has 5 heteroatoms. The molecule has 0 aliphatic heterocycles. The van der Waals surface area contributed by atoms with E-state index in [-0.39, 0.29) is 11.5 Å². The first-order valence-electron chi connectivity index (χ1n) is 8.28. The quantitative estimate of drug-likeness (QED) is 0.782. The fourth-order valence-corrected chi connectivity index (χ4v) is 3.74. The van der Waals surface area contributed by atoms with Crippen LogP contribution in [0.1, 0.15) is 37.4 Å². The first kappa shape index (κ1) is 17.6. The van der Waals surface area contributed by atoms with E-state index >= 15 is 0 Å². The average molecular weight is 360 g/mol. The second-order valence-electron chi connectivity index (χ2n) is 7.13. The molecule has 0 saturated heterocycles. The third-order valence-electron chi connectivity index (χ3n) is 5.03. The van der Waals surface area contributed by atoms with Crippen LogP contribution in [-0.4, -0.2) is 18.3 Å². The highest BCUT2D eigenvalue weighted by Crippen LogP contribution is 2.44. The third kappa shape index (κ3) is 3.45. The fourth-order valence-electron chi connectivity index (χ4n) is 3.54. The van der Waals surface area contributed by atoms with Gasteiger partial charge >= 0.3 is 6.09 Å². The second-order valence-corrected chi connectivity index (χ2v) is 7.54. The number of rotatable bonds is 3. The first-order chi connectivity index (χ1) is 11.8. The van der Waals surface area contributed by atoms with Gasteiger partial charge in [-0.1, -0.05) is 49.7 Å². The number of halogens is 1. The topological polar surface area (TPSA) is 58.6 Å².